The monoisotopic (exact) mass is 536 g/mol. The van der Waals surface area contributed by atoms with Gasteiger partial charge in [-0.3, -0.25) is 9.98 Å². The highest BCUT2D eigenvalue weighted by Gasteiger charge is 1.94. The fraction of sp³-hybridized carbons (Fsp3) is 0. The van der Waals surface area contributed by atoms with Crippen molar-refractivity contribution in [3.63, 3.8) is 0 Å². The van der Waals surface area contributed by atoms with Crippen LogP contribution in [0.5, 0.6) is 0 Å². The second-order valence-corrected chi connectivity index (χ2v) is 7.63. The first kappa shape index (κ1) is 17.3. The summed E-state index contributed by atoms with van der Waals surface area (Å²) in [6, 6.07) is 24.4. The van der Waals surface area contributed by atoms with Crippen LogP contribution in [0.1, 0.15) is 11.1 Å². The van der Waals surface area contributed by atoms with Gasteiger partial charge in [-0.05, 0) is 111 Å². The maximum absolute atomic E-state index is 4.51. The summed E-state index contributed by atoms with van der Waals surface area (Å²) in [7, 11) is 0. The van der Waals surface area contributed by atoms with Crippen molar-refractivity contribution in [1.82, 2.24) is 0 Å². The first-order valence-corrected chi connectivity index (χ1v) is 9.54. The Morgan fingerprint density at radius 1 is 0.583 bits per heavy atom. The van der Waals surface area contributed by atoms with Crippen LogP contribution in [0.3, 0.4) is 0 Å². The summed E-state index contributed by atoms with van der Waals surface area (Å²) in [4.78, 5) is 9.03. The zero-order chi connectivity index (χ0) is 16.8. The largest absolute Gasteiger partial charge is 0.256 e. The van der Waals surface area contributed by atoms with Crippen LogP contribution in [-0.4, -0.2) is 12.4 Å². The molecule has 0 fully saturated rings. The van der Waals surface area contributed by atoms with Gasteiger partial charge < -0.3 is 0 Å². The van der Waals surface area contributed by atoms with Crippen molar-refractivity contribution in [3.8, 4) is 0 Å². The molecule has 0 aliphatic carbocycles. The van der Waals surface area contributed by atoms with Gasteiger partial charge in [0.25, 0.3) is 0 Å². The average molecular weight is 536 g/mol. The van der Waals surface area contributed by atoms with E-state index < -0.39 is 0 Å². The molecule has 4 heteroatoms. The smallest absolute Gasteiger partial charge is 0.0630 e. The van der Waals surface area contributed by atoms with Crippen LogP contribution in [-0.2, 0) is 0 Å². The van der Waals surface area contributed by atoms with E-state index in [9.17, 15) is 0 Å². The van der Waals surface area contributed by atoms with Gasteiger partial charge in [-0.25, -0.2) is 0 Å². The Hall–Kier alpha value is -1.54. The molecular formula is C20H14I2N2. The minimum atomic E-state index is 0.952. The zero-order valence-electron chi connectivity index (χ0n) is 12.7. The molecule has 0 spiro atoms. The first-order chi connectivity index (χ1) is 11.7. The van der Waals surface area contributed by atoms with Crippen molar-refractivity contribution in [2.75, 3.05) is 0 Å². The molecule has 0 amide bonds. The highest BCUT2D eigenvalue weighted by molar-refractivity contribution is 14.1. The minimum absolute atomic E-state index is 0.952. The molecule has 0 aromatic heterocycles. The van der Waals surface area contributed by atoms with E-state index in [1.54, 1.807) is 0 Å². The molecule has 3 rings (SSSR count). The van der Waals surface area contributed by atoms with E-state index in [-0.39, 0.29) is 0 Å². The number of benzene rings is 3. The van der Waals surface area contributed by atoms with E-state index in [1.165, 1.54) is 7.14 Å². The molecule has 0 aliphatic rings. The van der Waals surface area contributed by atoms with Crippen molar-refractivity contribution in [3.05, 3.63) is 91.1 Å². The Bertz CT molecular complexity index is 796. The average Bonchev–Trinajstić information content (AvgIpc) is 2.61. The molecule has 0 N–H and O–H groups in total. The standard InChI is InChI=1S/C20H14I2N2/c21-17-4-8-19(9-5-17)23-13-15-2-1-3-16(12-15)14-24-20-10-6-18(22)7-11-20/h1-14H/b23-13+,24-14+. The van der Waals surface area contributed by atoms with Gasteiger partial charge in [0.2, 0.25) is 0 Å². The summed E-state index contributed by atoms with van der Waals surface area (Å²) < 4.78 is 2.42. The molecular weight excluding hydrogens is 522 g/mol. The summed E-state index contributed by atoms with van der Waals surface area (Å²) in [5.74, 6) is 0. The van der Waals surface area contributed by atoms with Crippen LogP contribution in [0.15, 0.2) is 82.8 Å². The molecule has 3 aromatic carbocycles. The van der Waals surface area contributed by atoms with E-state index in [2.05, 4.69) is 85.5 Å². The van der Waals surface area contributed by atoms with Gasteiger partial charge in [0.1, 0.15) is 0 Å². The number of rotatable bonds is 4. The predicted molar refractivity (Wildman–Crippen MR) is 119 cm³/mol. The lowest BCUT2D eigenvalue weighted by Gasteiger charge is -1.98. The summed E-state index contributed by atoms with van der Waals surface area (Å²) in [6.07, 6.45) is 3.76. The number of aliphatic imine (C=N–C) groups is 2. The fourth-order valence-corrected chi connectivity index (χ4v) is 2.79. The van der Waals surface area contributed by atoms with E-state index in [1.807, 2.05) is 54.9 Å². The molecule has 0 unspecified atom stereocenters. The van der Waals surface area contributed by atoms with E-state index in [0.29, 0.717) is 0 Å². The molecule has 0 aliphatic heterocycles. The maximum Gasteiger partial charge on any atom is 0.0630 e. The second-order valence-electron chi connectivity index (χ2n) is 5.14. The van der Waals surface area contributed by atoms with Crippen LogP contribution in [0, 0.1) is 7.14 Å². The van der Waals surface area contributed by atoms with E-state index in [0.717, 1.165) is 22.5 Å². The van der Waals surface area contributed by atoms with Gasteiger partial charge in [-0.15, -0.1) is 0 Å². The van der Waals surface area contributed by atoms with Crippen LogP contribution < -0.4 is 0 Å². The van der Waals surface area contributed by atoms with Gasteiger partial charge in [0.05, 0.1) is 11.4 Å². The van der Waals surface area contributed by atoms with Crippen LogP contribution in [0.25, 0.3) is 0 Å². The molecule has 0 heterocycles. The lowest BCUT2D eigenvalue weighted by atomic mass is 10.1. The van der Waals surface area contributed by atoms with Crippen molar-refractivity contribution in [2.45, 2.75) is 0 Å². The van der Waals surface area contributed by atoms with Gasteiger partial charge in [0, 0.05) is 19.6 Å². The van der Waals surface area contributed by atoms with Crippen molar-refractivity contribution in [2.24, 2.45) is 9.98 Å². The van der Waals surface area contributed by atoms with Gasteiger partial charge in [0.15, 0.2) is 0 Å². The third-order valence-electron chi connectivity index (χ3n) is 3.29. The molecule has 24 heavy (non-hydrogen) atoms. The first-order valence-electron chi connectivity index (χ1n) is 7.38. The van der Waals surface area contributed by atoms with Crippen LogP contribution >= 0.6 is 45.2 Å². The molecule has 0 saturated heterocycles. The van der Waals surface area contributed by atoms with Gasteiger partial charge in [-0.2, -0.15) is 0 Å². The molecule has 0 atom stereocenters. The predicted octanol–water partition coefficient (Wildman–Crippen LogP) is 6.40. The Balaban J connectivity index is 1.74. The van der Waals surface area contributed by atoms with E-state index >= 15 is 0 Å². The van der Waals surface area contributed by atoms with E-state index in [4.69, 9.17) is 0 Å². The summed E-state index contributed by atoms with van der Waals surface area (Å²) in [6.45, 7) is 0. The Morgan fingerprint density at radius 3 is 1.42 bits per heavy atom. The summed E-state index contributed by atoms with van der Waals surface area (Å²) in [5.41, 5.74) is 4.02. The zero-order valence-corrected chi connectivity index (χ0v) is 17.0. The third kappa shape index (κ3) is 5.24. The number of nitrogens with zero attached hydrogens (tertiary/aromatic N) is 2. The topological polar surface area (TPSA) is 24.7 Å². The molecule has 3 aromatic rings. The number of hydrogen-bond donors (Lipinski definition) is 0. The summed E-state index contributed by atoms with van der Waals surface area (Å²) >= 11 is 4.58. The number of hydrogen-bond acceptors (Lipinski definition) is 2. The SMILES string of the molecule is Ic1ccc(/N=C/c2cccc(/C=N/c3ccc(I)cc3)c2)cc1. The highest BCUT2D eigenvalue weighted by atomic mass is 127. The third-order valence-corrected chi connectivity index (χ3v) is 4.73. The summed E-state index contributed by atoms with van der Waals surface area (Å²) in [5, 5.41) is 0. The molecule has 0 saturated carbocycles. The second kappa shape index (κ2) is 8.53. The van der Waals surface area contributed by atoms with Crippen LogP contribution in [0.2, 0.25) is 0 Å². The Morgan fingerprint density at radius 2 is 1.00 bits per heavy atom. The lowest BCUT2D eigenvalue weighted by molar-refractivity contribution is 1.50. The number of halogens is 2. The Labute approximate surface area is 169 Å². The molecule has 0 radical (unpaired) electrons. The van der Waals surface area contributed by atoms with Crippen molar-refractivity contribution >= 4 is 69.0 Å². The Kier molecular flexibility index (Phi) is 6.14. The highest BCUT2D eigenvalue weighted by Crippen LogP contribution is 2.16. The minimum Gasteiger partial charge on any atom is -0.256 e. The lowest BCUT2D eigenvalue weighted by Crippen LogP contribution is -1.85. The molecule has 2 nitrogen and oxygen atoms in total. The van der Waals surface area contributed by atoms with Crippen molar-refractivity contribution < 1.29 is 0 Å². The van der Waals surface area contributed by atoms with Crippen LogP contribution in [0.4, 0.5) is 11.4 Å². The normalized spacial score (nSPS) is 11.4. The maximum atomic E-state index is 4.51. The van der Waals surface area contributed by atoms with Crippen molar-refractivity contribution in [1.29, 1.82) is 0 Å². The molecule has 0 bridgehead atoms. The fourth-order valence-electron chi connectivity index (χ4n) is 2.07. The van der Waals surface area contributed by atoms with Gasteiger partial charge in [-0.1, -0.05) is 18.2 Å². The molecule has 118 valence electrons. The quantitative estimate of drug-likeness (QED) is 0.273. The van der Waals surface area contributed by atoms with Gasteiger partial charge >= 0.3 is 0 Å².